The van der Waals surface area contributed by atoms with Crippen molar-refractivity contribution in [1.82, 2.24) is 19.5 Å². The average molecular weight is 631 g/mol. The molecule has 0 fully saturated rings. The zero-order chi connectivity index (χ0) is 31.6. The molecule has 0 aliphatic carbocycles. The number of benzene rings is 7. The third-order valence-electron chi connectivity index (χ3n) is 9.26. The van der Waals surface area contributed by atoms with E-state index in [1.807, 2.05) is 29.5 Å². The second-order valence-corrected chi connectivity index (χ2v) is 13.2. The fraction of sp³-hybridized carbons (Fsp3) is 0. The normalized spacial score (nSPS) is 11.8. The van der Waals surface area contributed by atoms with E-state index >= 15 is 0 Å². The molecule has 0 radical (unpaired) electrons. The van der Waals surface area contributed by atoms with E-state index < -0.39 is 0 Å². The van der Waals surface area contributed by atoms with Crippen LogP contribution in [0.5, 0.6) is 0 Å². The summed E-state index contributed by atoms with van der Waals surface area (Å²) in [4.78, 5) is 15.3. The van der Waals surface area contributed by atoms with Crippen molar-refractivity contribution in [2.24, 2.45) is 0 Å². The van der Waals surface area contributed by atoms with Crippen LogP contribution in [0.1, 0.15) is 0 Å². The summed E-state index contributed by atoms with van der Waals surface area (Å²) in [5, 5.41) is 7.30. The summed E-state index contributed by atoms with van der Waals surface area (Å²) in [5.41, 5.74) is 6.45. The van der Waals surface area contributed by atoms with E-state index in [0.717, 1.165) is 27.5 Å². The third-order valence-corrected chi connectivity index (χ3v) is 10.4. The van der Waals surface area contributed by atoms with Gasteiger partial charge < -0.3 is 0 Å². The number of thiophene rings is 1. The Balaban J connectivity index is 1.15. The minimum Gasteiger partial charge on any atom is -0.278 e. The predicted octanol–water partition coefficient (Wildman–Crippen LogP) is 11.5. The van der Waals surface area contributed by atoms with Crippen LogP contribution in [0.2, 0.25) is 0 Å². The predicted molar refractivity (Wildman–Crippen MR) is 201 cm³/mol. The lowest BCUT2D eigenvalue weighted by molar-refractivity contribution is 0.953. The number of rotatable bonds is 4. The summed E-state index contributed by atoms with van der Waals surface area (Å²) in [6.07, 6.45) is 0. The molecule has 0 atom stereocenters. The molecule has 5 heteroatoms. The van der Waals surface area contributed by atoms with Crippen molar-refractivity contribution in [3.05, 3.63) is 158 Å². The molecule has 0 aliphatic heterocycles. The Morgan fingerprint density at radius 3 is 1.81 bits per heavy atom. The lowest BCUT2D eigenvalue weighted by atomic mass is 9.96. The van der Waals surface area contributed by atoms with Crippen LogP contribution in [0.15, 0.2) is 158 Å². The van der Waals surface area contributed by atoms with Crippen molar-refractivity contribution < 1.29 is 0 Å². The van der Waals surface area contributed by atoms with Gasteiger partial charge in [-0.25, -0.2) is 4.98 Å². The molecule has 0 aliphatic rings. The number of hydrogen-bond acceptors (Lipinski definition) is 4. The molecule has 7 aromatic carbocycles. The van der Waals surface area contributed by atoms with Gasteiger partial charge in [0.2, 0.25) is 5.95 Å². The van der Waals surface area contributed by atoms with Crippen LogP contribution in [-0.2, 0) is 0 Å². The first kappa shape index (κ1) is 27.0. The maximum absolute atomic E-state index is 5.16. The number of hydrogen-bond donors (Lipinski definition) is 0. The van der Waals surface area contributed by atoms with Gasteiger partial charge in [-0.15, -0.1) is 11.3 Å². The van der Waals surface area contributed by atoms with Crippen molar-refractivity contribution in [2.45, 2.75) is 0 Å². The molecule has 0 N–H and O–H groups in total. The van der Waals surface area contributed by atoms with Gasteiger partial charge >= 0.3 is 0 Å². The van der Waals surface area contributed by atoms with E-state index in [0.29, 0.717) is 17.6 Å². The monoisotopic (exact) mass is 630 g/mol. The SMILES string of the molecule is c1ccc(-c2nc(-c3ccc4c(-c5ccc6c(c5)sc5ccccc56)cccc4c3)nc(-n3c4ccccc4c4ccccc43)n2)cc1. The second-order valence-electron chi connectivity index (χ2n) is 12.1. The van der Waals surface area contributed by atoms with E-state index in [-0.39, 0.29) is 0 Å². The maximum Gasteiger partial charge on any atom is 0.238 e. The molecule has 3 heterocycles. The van der Waals surface area contributed by atoms with Crippen LogP contribution in [-0.4, -0.2) is 19.5 Å². The van der Waals surface area contributed by atoms with Crippen LogP contribution in [0.25, 0.3) is 92.6 Å². The third kappa shape index (κ3) is 4.25. The first-order valence-electron chi connectivity index (χ1n) is 16.0. The van der Waals surface area contributed by atoms with Gasteiger partial charge in [-0.3, -0.25) is 4.57 Å². The summed E-state index contributed by atoms with van der Waals surface area (Å²) < 4.78 is 4.78. The second kappa shape index (κ2) is 10.7. The summed E-state index contributed by atoms with van der Waals surface area (Å²) in [5.74, 6) is 1.88. The Kier molecular flexibility index (Phi) is 6.01. The molecule has 0 saturated heterocycles. The highest BCUT2D eigenvalue weighted by Gasteiger charge is 2.18. The summed E-state index contributed by atoms with van der Waals surface area (Å²) in [6, 6.07) is 55.6. The molecule has 3 aromatic heterocycles. The fourth-order valence-electron chi connectivity index (χ4n) is 7.02. The van der Waals surface area contributed by atoms with Crippen molar-refractivity contribution >= 4 is 64.1 Å². The van der Waals surface area contributed by atoms with E-state index in [4.69, 9.17) is 15.0 Å². The van der Waals surface area contributed by atoms with Crippen LogP contribution in [0.3, 0.4) is 0 Å². The van der Waals surface area contributed by atoms with Gasteiger partial charge in [0.05, 0.1) is 11.0 Å². The number of fused-ring (bicyclic) bond motifs is 7. The zero-order valence-corrected chi connectivity index (χ0v) is 26.5. The molecule has 0 amide bonds. The van der Waals surface area contributed by atoms with Crippen molar-refractivity contribution in [3.8, 4) is 39.9 Å². The minimum absolute atomic E-state index is 0.599. The summed E-state index contributed by atoms with van der Waals surface area (Å²) in [6.45, 7) is 0. The molecule has 224 valence electrons. The molecule has 10 rings (SSSR count). The highest BCUT2D eigenvalue weighted by Crippen LogP contribution is 2.39. The number of para-hydroxylation sites is 2. The highest BCUT2D eigenvalue weighted by molar-refractivity contribution is 7.25. The molecular weight excluding hydrogens is 605 g/mol. The Bertz CT molecular complexity index is 2800. The molecule has 48 heavy (non-hydrogen) atoms. The van der Waals surface area contributed by atoms with Gasteiger partial charge in [0.1, 0.15) is 0 Å². The summed E-state index contributed by atoms with van der Waals surface area (Å²) in [7, 11) is 0. The molecule has 0 saturated carbocycles. The van der Waals surface area contributed by atoms with Crippen molar-refractivity contribution in [1.29, 1.82) is 0 Å². The first-order chi connectivity index (χ1) is 23.8. The average Bonchev–Trinajstić information content (AvgIpc) is 3.70. The summed E-state index contributed by atoms with van der Waals surface area (Å²) >= 11 is 1.85. The van der Waals surface area contributed by atoms with E-state index in [1.165, 1.54) is 47.5 Å². The van der Waals surface area contributed by atoms with E-state index in [9.17, 15) is 0 Å². The van der Waals surface area contributed by atoms with Crippen molar-refractivity contribution in [2.75, 3.05) is 0 Å². The minimum atomic E-state index is 0.599. The van der Waals surface area contributed by atoms with Gasteiger partial charge in [0.25, 0.3) is 0 Å². The fourth-order valence-corrected chi connectivity index (χ4v) is 8.16. The van der Waals surface area contributed by atoms with Crippen molar-refractivity contribution in [3.63, 3.8) is 0 Å². The molecule has 10 aromatic rings. The zero-order valence-electron chi connectivity index (χ0n) is 25.7. The molecule has 4 nitrogen and oxygen atoms in total. The lowest BCUT2D eigenvalue weighted by Gasteiger charge is -2.12. The lowest BCUT2D eigenvalue weighted by Crippen LogP contribution is -2.06. The molecule has 0 spiro atoms. The smallest absolute Gasteiger partial charge is 0.238 e. The molecular formula is C43H26N4S. The number of aromatic nitrogens is 4. The molecule has 0 unspecified atom stereocenters. The Morgan fingerprint density at radius 1 is 0.396 bits per heavy atom. The standard InChI is InChI=1S/C43H26N4S/c1-2-11-27(12-3-1)41-44-42(46-43(45-41)47-37-18-7-4-14-33(37)34-15-5-8-19-38(34)47)30-22-23-32-28(25-30)13-10-17-31(32)29-21-24-36-35-16-6-9-20-39(35)48-40(36)26-29/h1-26H. The van der Waals surface area contributed by atoms with Crippen LogP contribution in [0.4, 0.5) is 0 Å². The van der Waals surface area contributed by atoms with Crippen LogP contribution < -0.4 is 0 Å². The maximum atomic E-state index is 5.16. The topological polar surface area (TPSA) is 43.6 Å². The Morgan fingerprint density at radius 2 is 1.02 bits per heavy atom. The van der Waals surface area contributed by atoms with E-state index in [1.54, 1.807) is 0 Å². The van der Waals surface area contributed by atoms with Gasteiger partial charge in [-0.05, 0) is 52.2 Å². The van der Waals surface area contributed by atoms with Crippen LogP contribution >= 0.6 is 11.3 Å². The van der Waals surface area contributed by atoms with E-state index in [2.05, 4.69) is 144 Å². The Labute approximate surface area is 280 Å². The van der Waals surface area contributed by atoms with Gasteiger partial charge in [-0.1, -0.05) is 127 Å². The largest absolute Gasteiger partial charge is 0.278 e. The quantitative estimate of drug-likeness (QED) is 0.194. The highest BCUT2D eigenvalue weighted by atomic mass is 32.1. The van der Waals surface area contributed by atoms with Gasteiger partial charge in [0.15, 0.2) is 11.6 Å². The van der Waals surface area contributed by atoms with Gasteiger partial charge in [-0.2, -0.15) is 9.97 Å². The Hall–Kier alpha value is -6.17. The van der Waals surface area contributed by atoms with Gasteiger partial charge in [0, 0.05) is 42.1 Å². The molecule has 0 bridgehead atoms. The number of nitrogens with zero attached hydrogens (tertiary/aromatic N) is 4. The van der Waals surface area contributed by atoms with Crippen LogP contribution in [0, 0.1) is 0 Å². The first-order valence-corrected chi connectivity index (χ1v) is 16.9.